The van der Waals surface area contributed by atoms with Gasteiger partial charge in [-0.05, 0) is 41.4 Å². The van der Waals surface area contributed by atoms with Crippen molar-refractivity contribution in [3.05, 3.63) is 52.2 Å². The lowest BCUT2D eigenvalue weighted by atomic mass is 9.78. The number of anilines is 1. The first-order chi connectivity index (χ1) is 13.0. The smallest absolute Gasteiger partial charge is 0.378 e. The molecule has 1 aromatic heterocycles. The molecular formula is C18H18F3N3O2S2. The highest BCUT2D eigenvalue weighted by molar-refractivity contribution is 7.80. The van der Waals surface area contributed by atoms with Crippen LogP contribution in [0.4, 0.5) is 18.9 Å². The third-order valence-electron chi connectivity index (χ3n) is 4.62. The number of ketones is 1. The number of carbonyl (C=O) groups is 1. The van der Waals surface area contributed by atoms with Crippen LogP contribution >= 0.6 is 23.6 Å². The lowest BCUT2D eigenvalue weighted by molar-refractivity contribution is -0.285. The standard InChI is InChI=1S/C18H18F3N3O2S2/c1-24(2)11-7-5-10(6-8-11)14-13(15(25)12-4-3-9-28-12)17(26,18(19,20)21)23-16(27)22-14/h3-9,13-14,26H,1-2H3,(H2,22,23,27)/t13-,14+,17-/m0/s1. The van der Waals surface area contributed by atoms with Crippen LogP contribution in [-0.4, -0.2) is 42.0 Å². The van der Waals surface area contributed by atoms with Crippen molar-refractivity contribution in [3.63, 3.8) is 0 Å². The Balaban J connectivity index is 2.11. The maximum Gasteiger partial charge on any atom is 0.437 e. The Kier molecular flexibility index (Phi) is 5.39. The van der Waals surface area contributed by atoms with E-state index < -0.39 is 29.6 Å². The molecule has 3 rings (SSSR count). The summed E-state index contributed by atoms with van der Waals surface area (Å²) in [5.74, 6) is -2.69. The molecule has 5 nitrogen and oxygen atoms in total. The first-order valence-corrected chi connectivity index (χ1v) is 9.56. The van der Waals surface area contributed by atoms with E-state index in [-0.39, 0.29) is 9.99 Å². The van der Waals surface area contributed by atoms with Gasteiger partial charge in [-0.1, -0.05) is 18.2 Å². The molecule has 0 spiro atoms. The molecule has 1 saturated heterocycles. The number of benzene rings is 1. The average Bonchev–Trinajstić information content (AvgIpc) is 3.14. The van der Waals surface area contributed by atoms with Gasteiger partial charge >= 0.3 is 6.18 Å². The fraction of sp³-hybridized carbons (Fsp3) is 0.333. The molecule has 0 unspecified atom stereocenters. The normalized spacial score (nSPS) is 25.0. The van der Waals surface area contributed by atoms with E-state index in [9.17, 15) is 23.1 Å². The number of carbonyl (C=O) groups excluding carboxylic acids is 1. The number of nitrogens with zero attached hydrogens (tertiary/aromatic N) is 1. The van der Waals surface area contributed by atoms with Crippen molar-refractivity contribution in [1.29, 1.82) is 0 Å². The molecule has 1 aromatic carbocycles. The van der Waals surface area contributed by atoms with Crippen LogP contribution < -0.4 is 15.5 Å². The number of alkyl halides is 3. The van der Waals surface area contributed by atoms with E-state index >= 15 is 0 Å². The summed E-state index contributed by atoms with van der Waals surface area (Å²) in [5.41, 5.74) is -2.25. The molecule has 3 N–H and O–H groups in total. The van der Waals surface area contributed by atoms with E-state index in [2.05, 4.69) is 5.32 Å². The third kappa shape index (κ3) is 3.59. The van der Waals surface area contributed by atoms with E-state index in [1.165, 1.54) is 6.07 Å². The summed E-state index contributed by atoms with van der Waals surface area (Å²) in [6.45, 7) is 0. The molecule has 10 heteroatoms. The van der Waals surface area contributed by atoms with Crippen molar-refractivity contribution in [2.24, 2.45) is 5.92 Å². The molecule has 28 heavy (non-hydrogen) atoms. The maximum atomic E-state index is 13.9. The Hall–Kier alpha value is -2.17. The molecule has 0 radical (unpaired) electrons. The molecule has 1 aliphatic heterocycles. The zero-order valence-corrected chi connectivity index (χ0v) is 16.6. The van der Waals surface area contributed by atoms with Gasteiger partial charge in [0.1, 0.15) is 5.92 Å². The lowest BCUT2D eigenvalue weighted by Crippen LogP contribution is -2.72. The van der Waals surface area contributed by atoms with Gasteiger partial charge in [-0.3, -0.25) is 4.79 Å². The minimum atomic E-state index is -5.13. The highest BCUT2D eigenvalue weighted by Gasteiger charge is 2.65. The molecule has 0 aliphatic carbocycles. The summed E-state index contributed by atoms with van der Waals surface area (Å²) in [4.78, 5) is 15.0. The molecule has 1 fully saturated rings. The van der Waals surface area contributed by atoms with Gasteiger partial charge in [0.15, 0.2) is 10.9 Å². The minimum Gasteiger partial charge on any atom is -0.378 e. The van der Waals surface area contributed by atoms with Gasteiger partial charge in [0, 0.05) is 19.8 Å². The van der Waals surface area contributed by atoms with Crippen molar-refractivity contribution in [3.8, 4) is 0 Å². The molecule has 1 aliphatic rings. The quantitative estimate of drug-likeness (QED) is 0.513. The number of aliphatic hydroxyl groups is 1. The average molecular weight is 429 g/mol. The van der Waals surface area contributed by atoms with E-state index in [0.29, 0.717) is 5.56 Å². The zero-order chi connectivity index (χ0) is 20.7. The summed E-state index contributed by atoms with van der Waals surface area (Å²) in [5, 5.41) is 16.4. The van der Waals surface area contributed by atoms with Crippen molar-refractivity contribution >= 4 is 40.1 Å². The van der Waals surface area contributed by atoms with Gasteiger partial charge in [-0.25, -0.2) is 0 Å². The van der Waals surface area contributed by atoms with E-state index in [1.54, 1.807) is 35.7 Å². The van der Waals surface area contributed by atoms with Crippen LogP contribution in [0.25, 0.3) is 0 Å². The number of hydrogen-bond donors (Lipinski definition) is 3. The summed E-state index contributed by atoms with van der Waals surface area (Å²) < 4.78 is 41.6. The van der Waals surface area contributed by atoms with Gasteiger partial charge in [0.25, 0.3) is 0 Å². The zero-order valence-electron chi connectivity index (χ0n) is 14.9. The summed E-state index contributed by atoms with van der Waals surface area (Å²) in [7, 11) is 3.66. The Bertz CT molecular complexity index is 869. The Morgan fingerprint density at radius 2 is 1.89 bits per heavy atom. The van der Waals surface area contributed by atoms with Crippen LogP contribution in [0.1, 0.15) is 21.3 Å². The summed E-state index contributed by atoms with van der Waals surface area (Å²) in [6.07, 6.45) is -5.13. The predicted octanol–water partition coefficient (Wildman–Crippen LogP) is 3.08. The fourth-order valence-corrected chi connectivity index (χ4v) is 4.16. The highest BCUT2D eigenvalue weighted by atomic mass is 32.1. The third-order valence-corrected chi connectivity index (χ3v) is 5.73. The lowest BCUT2D eigenvalue weighted by Gasteiger charge is -2.46. The van der Waals surface area contributed by atoms with Crippen LogP contribution in [0.3, 0.4) is 0 Å². The molecular weight excluding hydrogens is 411 g/mol. The first kappa shape index (κ1) is 20.6. The van der Waals surface area contributed by atoms with Crippen molar-refractivity contribution < 1.29 is 23.1 Å². The number of hydrogen-bond acceptors (Lipinski definition) is 5. The first-order valence-electron chi connectivity index (χ1n) is 8.27. The van der Waals surface area contributed by atoms with Gasteiger partial charge in [0.05, 0.1) is 10.9 Å². The van der Waals surface area contributed by atoms with Crippen LogP contribution in [0, 0.1) is 5.92 Å². The number of nitrogens with one attached hydrogen (secondary N) is 2. The topological polar surface area (TPSA) is 64.6 Å². The Labute approximate surface area is 169 Å². The van der Waals surface area contributed by atoms with Gasteiger partial charge in [-0.15, -0.1) is 11.3 Å². The Morgan fingerprint density at radius 3 is 2.39 bits per heavy atom. The Morgan fingerprint density at radius 1 is 1.25 bits per heavy atom. The molecule has 2 aromatic rings. The minimum absolute atomic E-state index is 0.124. The van der Waals surface area contributed by atoms with Gasteiger partial charge in [0.2, 0.25) is 5.72 Å². The molecule has 0 bridgehead atoms. The number of thiophene rings is 1. The predicted molar refractivity (Wildman–Crippen MR) is 106 cm³/mol. The van der Waals surface area contributed by atoms with Crippen LogP contribution in [0.2, 0.25) is 0 Å². The van der Waals surface area contributed by atoms with Crippen molar-refractivity contribution in [2.45, 2.75) is 17.9 Å². The van der Waals surface area contributed by atoms with E-state index in [1.807, 2.05) is 24.3 Å². The monoisotopic (exact) mass is 429 g/mol. The largest absolute Gasteiger partial charge is 0.437 e. The van der Waals surface area contributed by atoms with E-state index in [4.69, 9.17) is 12.2 Å². The molecule has 2 heterocycles. The number of thiocarbonyl (C=S) groups is 1. The van der Waals surface area contributed by atoms with E-state index in [0.717, 1.165) is 17.0 Å². The molecule has 0 saturated carbocycles. The second kappa shape index (κ2) is 7.34. The van der Waals surface area contributed by atoms with Gasteiger partial charge in [-0.2, -0.15) is 13.2 Å². The van der Waals surface area contributed by atoms with Crippen molar-refractivity contribution in [1.82, 2.24) is 10.6 Å². The van der Waals surface area contributed by atoms with Crippen LogP contribution in [0.15, 0.2) is 41.8 Å². The van der Waals surface area contributed by atoms with Crippen molar-refractivity contribution in [2.75, 3.05) is 19.0 Å². The number of halogens is 3. The van der Waals surface area contributed by atoms with Crippen LogP contribution in [-0.2, 0) is 0 Å². The second-order valence-electron chi connectivity index (χ2n) is 6.65. The highest BCUT2D eigenvalue weighted by Crippen LogP contribution is 2.44. The van der Waals surface area contributed by atoms with Crippen LogP contribution in [0.5, 0.6) is 0 Å². The maximum absolute atomic E-state index is 13.9. The number of Topliss-reactive ketones (excluding diaryl/α,β-unsaturated/α-hetero) is 1. The molecule has 150 valence electrons. The van der Waals surface area contributed by atoms with Gasteiger partial charge < -0.3 is 20.6 Å². The summed E-state index contributed by atoms with van der Waals surface area (Å²) in [6, 6.07) is 8.52. The summed E-state index contributed by atoms with van der Waals surface area (Å²) >= 11 is 5.93. The number of rotatable bonds is 4. The second-order valence-corrected chi connectivity index (χ2v) is 8.00. The SMILES string of the molecule is CN(C)c1ccc([C@H]2NC(=S)N[C@@](O)(C(F)(F)F)[C@@H]2C(=O)c2cccs2)cc1. The molecule has 0 amide bonds. The molecule has 3 atom stereocenters. The fourth-order valence-electron chi connectivity index (χ4n) is 3.17.